The average Bonchev–Trinajstić information content (AvgIpc) is 3.24. The van der Waals surface area contributed by atoms with Gasteiger partial charge in [-0.05, 0) is 54.7 Å². The minimum atomic E-state index is -0.388. The van der Waals surface area contributed by atoms with Gasteiger partial charge in [-0.3, -0.25) is 19.4 Å². The summed E-state index contributed by atoms with van der Waals surface area (Å²) in [6.07, 6.45) is 1.64. The number of benzene rings is 2. The van der Waals surface area contributed by atoms with Crippen LogP contribution in [0.2, 0.25) is 0 Å². The molecule has 0 unspecified atom stereocenters. The number of hydrogen-bond donors (Lipinski definition) is 0. The highest BCUT2D eigenvalue weighted by Crippen LogP contribution is 2.39. The van der Waals surface area contributed by atoms with Gasteiger partial charge in [0.15, 0.2) is 5.11 Å². The second-order valence-corrected chi connectivity index (χ2v) is 8.21. The highest BCUT2D eigenvalue weighted by molar-refractivity contribution is 7.80. The van der Waals surface area contributed by atoms with Gasteiger partial charge in [0, 0.05) is 30.3 Å². The number of anilines is 3. The van der Waals surface area contributed by atoms with Crippen molar-refractivity contribution in [2.75, 3.05) is 19.0 Å². The second-order valence-electron chi connectivity index (χ2n) is 6.75. The van der Waals surface area contributed by atoms with Crippen molar-refractivity contribution < 1.29 is 9.59 Å². The molecular weight excluding hydrogens is 414 g/mol. The van der Waals surface area contributed by atoms with Gasteiger partial charge in [-0.15, -0.1) is 11.3 Å². The summed E-state index contributed by atoms with van der Waals surface area (Å²) in [5.74, 6) is -0.776. The molecule has 2 aromatic carbocycles. The average molecular weight is 434 g/mol. The Bertz CT molecular complexity index is 1070. The zero-order valence-electron chi connectivity index (χ0n) is 16.5. The van der Waals surface area contributed by atoms with Gasteiger partial charge in [-0.1, -0.05) is 36.4 Å². The van der Waals surface area contributed by atoms with Gasteiger partial charge >= 0.3 is 0 Å². The molecule has 30 heavy (non-hydrogen) atoms. The summed E-state index contributed by atoms with van der Waals surface area (Å²) in [5, 5.41) is 1.18. The zero-order valence-corrected chi connectivity index (χ0v) is 18.1. The lowest BCUT2D eigenvalue weighted by molar-refractivity contribution is -0.132. The molecule has 1 aromatic heterocycles. The lowest BCUT2D eigenvalue weighted by Crippen LogP contribution is -2.52. The molecule has 0 atom stereocenters. The molecule has 1 saturated heterocycles. The fourth-order valence-corrected chi connectivity index (χ4v) is 4.37. The molecule has 1 fully saturated rings. The lowest BCUT2D eigenvalue weighted by atomic mass is 10.1. The third-order valence-corrected chi connectivity index (χ3v) is 6.36. The van der Waals surface area contributed by atoms with Gasteiger partial charge in [0.05, 0.1) is 0 Å². The molecule has 150 valence electrons. The van der Waals surface area contributed by atoms with Crippen LogP contribution in [0.3, 0.4) is 0 Å². The maximum absolute atomic E-state index is 12.6. The normalized spacial score (nSPS) is 14.3. The molecule has 0 N–H and O–H groups in total. The predicted octanol–water partition coefficient (Wildman–Crippen LogP) is 4.82. The quantitative estimate of drug-likeness (QED) is 0.336. The standard InChI is InChI=1S/C23H19N3O2S2/c1-24-21(27)19(22(28)25(2)23(24)29)15-18-13-14-20(30-18)26(16-9-5-3-6-10-16)17-11-7-4-8-12-17/h3-15H,1-2H3. The van der Waals surface area contributed by atoms with Crippen molar-refractivity contribution in [3.05, 3.63) is 83.2 Å². The van der Waals surface area contributed by atoms with Crippen LogP contribution in [0.1, 0.15) is 4.88 Å². The van der Waals surface area contributed by atoms with Crippen LogP contribution in [-0.4, -0.2) is 40.8 Å². The van der Waals surface area contributed by atoms with Gasteiger partial charge in [-0.2, -0.15) is 0 Å². The largest absolute Gasteiger partial charge is 0.302 e. The first-order valence-corrected chi connectivity index (χ1v) is 10.5. The molecule has 5 nitrogen and oxygen atoms in total. The van der Waals surface area contributed by atoms with Gasteiger partial charge in [0.1, 0.15) is 10.6 Å². The first-order valence-electron chi connectivity index (χ1n) is 9.29. The minimum absolute atomic E-state index is 0.105. The van der Waals surface area contributed by atoms with Crippen molar-refractivity contribution in [2.24, 2.45) is 0 Å². The molecule has 0 spiro atoms. The van der Waals surface area contributed by atoms with Crippen LogP contribution in [0, 0.1) is 0 Å². The summed E-state index contributed by atoms with van der Waals surface area (Å²) in [6.45, 7) is 0. The van der Waals surface area contributed by atoms with Crippen LogP contribution in [0.25, 0.3) is 6.08 Å². The molecule has 3 aromatic rings. The number of nitrogens with zero attached hydrogens (tertiary/aromatic N) is 3. The van der Waals surface area contributed by atoms with Gasteiger partial charge in [0.25, 0.3) is 11.8 Å². The summed E-state index contributed by atoms with van der Waals surface area (Å²) < 4.78 is 0. The Morgan fingerprint density at radius 1 is 0.800 bits per heavy atom. The Morgan fingerprint density at radius 3 is 1.80 bits per heavy atom. The van der Waals surface area contributed by atoms with E-state index < -0.39 is 0 Å². The molecule has 1 aliphatic rings. The maximum Gasteiger partial charge on any atom is 0.265 e. The van der Waals surface area contributed by atoms with E-state index in [9.17, 15) is 9.59 Å². The van der Waals surface area contributed by atoms with Crippen molar-refractivity contribution in [2.45, 2.75) is 0 Å². The summed E-state index contributed by atoms with van der Waals surface area (Å²) in [5.41, 5.74) is 2.16. The fourth-order valence-electron chi connectivity index (χ4n) is 3.21. The predicted molar refractivity (Wildman–Crippen MR) is 125 cm³/mol. The second kappa shape index (κ2) is 8.22. The van der Waals surface area contributed by atoms with Gasteiger partial charge in [-0.25, -0.2) is 0 Å². The van der Waals surface area contributed by atoms with Gasteiger partial charge < -0.3 is 4.90 Å². The highest BCUT2D eigenvalue weighted by Gasteiger charge is 2.35. The van der Waals surface area contributed by atoms with E-state index in [0.717, 1.165) is 21.3 Å². The van der Waals surface area contributed by atoms with E-state index in [1.54, 1.807) is 20.2 Å². The van der Waals surface area contributed by atoms with Crippen molar-refractivity contribution in [3.63, 3.8) is 0 Å². The van der Waals surface area contributed by atoms with Crippen LogP contribution in [0.4, 0.5) is 16.4 Å². The molecule has 4 rings (SSSR count). The Labute approximate surface area is 184 Å². The summed E-state index contributed by atoms with van der Waals surface area (Å²) in [4.78, 5) is 30.8. The summed E-state index contributed by atoms with van der Waals surface area (Å²) in [7, 11) is 3.15. The zero-order chi connectivity index (χ0) is 21.3. The molecule has 0 bridgehead atoms. The maximum atomic E-state index is 12.6. The SMILES string of the molecule is CN1C(=O)C(=Cc2ccc(N(c3ccccc3)c3ccccc3)s2)C(=O)N(C)C1=S. The first kappa shape index (κ1) is 20.0. The van der Waals surface area contributed by atoms with E-state index >= 15 is 0 Å². The van der Waals surface area contributed by atoms with Crippen LogP contribution in [-0.2, 0) is 9.59 Å². The van der Waals surface area contributed by atoms with E-state index in [1.807, 2.05) is 72.8 Å². The van der Waals surface area contributed by atoms with Crippen LogP contribution >= 0.6 is 23.6 Å². The molecule has 7 heteroatoms. The Morgan fingerprint density at radius 2 is 1.30 bits per heavy atom. The lowest BCUT2D eigenvalue weighted by Gasteiger charge is -2.31. The smallest absolute Gasteiger partial charge is 0.265 e. The van der Waals surface area contributed by atoms with E-state index in [4.69, 9.17) is 12.2 Å². The van der Waals surface area contributed by atoms with Crippen molar-refractivity contribution in [3.8, 4) is 0 Å². The minimum Gasteiger partial charge on any atom is -0.302 e. The van der Waals surface area contributed by atoms with Crippen molar-refractivity contribution in [1.82, 2.24) is 9.80 Å². The number of thiophene rings is 1. The number of thiocarbonyl (C=S) groups is 1. The number of carbonyl (C=O) groups is 2. The number of likely N-dealkylation sites (N-methyl/N-ethyl adjacent to an activating group) is 2. The number of carbonyl (C=O) groups excluding carboxylic acids is 2. The van der Waals surface area contributed by atoms with E-state index in [-0.39, 0.29) is 22.5 Å². The molecule has 0 saturated carbocycles. The van der Waals surface area contributed by atoms with Gasteiger partial charge in [0.2, 0.25) is 0 Å². The fraction of sp³-hybridized carbons (Fsp3) is 0.0870. The summed E-state index contributed by atoms with van der Waals surface area (Å²) >= 11 is 6.66. The Hall–Kier alpha value is -3.29. The molecule has 1 aliphatic heterocycles. The Balaban J connectivity index is 1.73. The van der Waals surface area contributed by atoms with Crippen LogP contribution in [0.5, 0.6) is 0 Å². The molecule has 0 aliphatic carbocycles. The topological polar surface area (TPSA) is 43.9 Å². The van der Waals surface area contributed by atoms with E-state index in [0.29, 0.717) is 0 Å². The van der Waals surface area contributed by atoms with Crippen LogP contribution in [0.15, 0.2) is 78.4 Å². The monoisotopic (exact) mass is 433 g/mol. The molecule has 2 amide bonds. The number of amides is 2. The van der Waals surface area contributed by atoms with Crippen LogP contribution < -0.4 is 4.90 Å². The molecule has 2 heterocycles. The third kappa shape index (κ3) is 3.65. The highest BCUT2D eigenvalue weighted by atomic mass is 32.1. The Kier molecular flexibility index (Phi) is 5.48. The third-order valence-electron chi connectivity index (χ3n) is 4.79. The van der Waals surface area contributed by atoms with Crippen molar-refractivity contribution >= 4 is 62.9 Å². The number of rotatable bonds is 4. The number of hydrogen-bond acceptors (Lipinski definition) is 5. The number of para-hydroxylation sites is 2. The van der Waals surface area contributed by atoms with E-state index in [2.05, 4.69) is 4.90 Å². The first-order chi connectivity index (χ1) is 14.5. The molecule has 0 radical (unpaired) electrons. The summed E-state index contributed by atoms with van der Waals surface area (Å²) in [6, 6.07) is 24.0. The van der Waals surface area contributed by atoms with Crippen molar-refractivity contribution in [1.29, 1.82) is 0 Å². The molecular formula is C23H19N3O2S2. The van der Waals surface area contributed by atoms with E-state index in [1.165, 1.54) is 21.1 Å².